The molecule has 0 bridgehead atoms. The van der Waals surface area contributed by atoms with Gasteiger partial charge in [-0.25, -0.2) is 0 Å². The van der Waals surface area contributed by atoms with Gasteiger partial charge in [0, 0.05) is 5.56 Å². The summed E-state index contributed by atoms with van der Waals surface area (Å²) in [5, 5.41) is 5.20. The number of ether oxygens (including phenoxy) is 1. The van der Waals surface area contributed by atoms with E-state index in [2.05, 4.69) is 10.5 Å². The highest BCUT2D eigenvalue weighted by molar-refractivity contribution is 8.15. The first kappa shape index (κ1) is 13.0. The molecule has 0 fully saturated rings. The topological polar surface area (TPSA) is 50.7 Å². The number of esters is 1. The molecule has 4 nitrogen and oxygen atoms in total. The predicted molar refractivity (Wildman–Crippen MR) is 73.5 cm³/mol. The molecular weight excluding hydrogens is 248 g/mol. The lowest BCUT2D eigenvalue weighted by Crippen LogP contribution is -2.34. The molecule has 0 spiro atoms. The fraction of sp³-hybridized carbons (Fsp3) is 0.385. The fourth-order valence-electron chi connectivity index (χ4n) is 1.67. The molecule has 0 amide bonds. The molecule has 1 aromatic rings. The van der Waals surface area contributed by atoms with Crippen molar-refractivity contribution in [1.29, 1.82) is 0 Å². The summed E-state index contributed by atoms with van der Waals surface area (Å²) >= 11 is 1.55. The number of carbonyl (C=O) groups excluding carboxylic acids is 1. The summed E-state index contributed by atoms with van der Waals surface area (Å²) < 4.78 is 4.69. The minimum Gasteiger partial charge on any atom is -0.469 e. The van der Waals surface area contributed by atoms with Crippen LogP contribution in [0.4, 0.5) is 0 Å². The Kier molecular flexibility index (Phi) is 3.61. The predicted octanol–water partition coefficient (Wildman–Crippen LogP) is 2.27. The third-order valence-corrected chi connectivity index (χ3v) is 3.93. The summed E-state index contributed by atoms with van der Waals surface area (Å²) in [5.74, 6) is -0.238. The van der Waals surface area contributed by atoms with Crippen LogP contribution in [-0.2, 0) is 9.53 Å². The van der Waals surface area contributed by atoms with Crippen LogP contribution in [-0.4, -0.2) is 23.0 Å². The maximum atomic E-state index is 11.3. The lowest BCUT2D eigenvalue weighted by atomic mass is 10.2. The highest BCUT2D eigenvalue weighted by Crippen LogP contribution is 2.34. The van der Waals surface area contributed by atoms with E-state index in [1.807, 2.05) is 38.1 Å². The van der Waals surface area contributed by atoms with Crippen molar-refractivity contribution >= 4 is 22.8 Å². The van der Waals surface area contributed by atoms with Crippen LogP contribution in [0.15, 0.2) is 29.4 Å². The number of aryl methyl sites for hydroxylation is 1. The van der Waals surface area contributed by atoms with Gasteiger partial charge in [0.15, 0.2) is 0 Å². The molecule has 0 aliphatic carbocycles. The molecular formula is C13H16N2O2S. The fourth-order valence-corrected chi connectivity index (χ4v) is 2.72. The van der Waals surface area contributed by atoms with Crippen LogP contribution in [0.5, 0.6) is 0 Å². The normalized spacial score (nSPS) is 22.3. The van der Waals surface area contributed by atoms with Crippen molar-refractivity contribution in [3.05, 3.63) is 35.4 Å². The van der Waals surface area contributed by atoms with Gasteiger partial charge in [-0.2, -0.15) is 5.10 Å². The Morgan fingerprint density at radius 1 is 1.44 bits per heavy atom. The van der Waals surface area contributed by atoms with E-state index in [0.29, 0.717) is 0 Å². The van der Waals surface area contributed by atoms with Crippen molar-refractivity contribution in [2.24, 2.45) is 5.10 Å². The number of carbonyl (C=O) groups is 1. The van der Waals surface area contributed by atoms with Crippen LogP contribution in [0.25, 0.3) is 0 Å². The second-order valence-corrected chi connectivity index (χ2v) is 5.97. The molecule has 0 saturated heterocycles. The first-order chi connectivity index (χ1) is 8.52. The van der Waals surface area contributed by atoms with Gasteiger partial charge in [0.25, 0.3) is 0 Å². The minimum absolute atomic E-state index is 0.238. The minimum atomic E-state index is -0.423. The van der Waals surface area contributed by atoms with Gasteiger partial charge in [0.05, 0.1) is 13.5 Å². The summed E-state index contributed by atoms with van der Waals surface area (Å²) in [6.07, 6.45) is 0.285. The van der Waals surface area contributed by atoms with Crippen LogP contribution in [0, 0.1) is 6.92 Å². The standard InChI is InChI=1S/C13H16N2O2S/c1-9-4-6-10(7-5-9)12-14-15-13(2,18-12)8-11(16)17-3/h4-7,15H,8H2,1-3H3/t13-/m1/s1. The van der Waals surface area contributed by atoms with E-state index >= 15 is 0 Å². The van der Waals surface area contributed by atoms with Crippen molar-refractivity contribution < 1.29 is 9.53 Å². The van der Waals surface area contributed by atoms with Crippen LogP contribution >= 0.6 is 11.8 Å². The van der Waals surface area contributed by atoms with E-state index in [-0.39, 0.29) is 12.4 Å². The number of methoxy groups -OCH3 is 1. The average molecular weight is 264 g/mol. The van der Waals surface area contributed by atoms with Crippen LogP contribution < -0.4 is 5.43 Å². The first-order valence-corrected chi connectivity index (χ1v) is 6.52. The third-order valence-electron chi connectivity index (χ3n) is 2.72. The maximum absolute atomic E-state index is 11.3. The highest BCUT2D eigenvalue weighted by atomic mass is 32.2. The lowest BCUT2D eigenvalue weighted by Gasteiger charge is -2.20. The van der Waals surface area contributed by atoms with Gasteiger partial charge in [0.2, 0.25) is 0 Å². The molecule has 0 aromatic heterocycles. The Labute approximate surface area is 111 Å². The Morgan fingerprint density at radius 3 is 2.72 bits per heavy atom. The largest absolute Gasteiger partial charge is 0.469 e. The number of nitrogens with one attached hydrogen (secondary N) is 1. The zero-order valence-electron chi connectivity index (χ0n) is 10.7. The molecule has 0 radical (unpaired) electrons. The number of hydrogen-bond acceptors (Lipinski definition) is 5. The molecule has 0 saturated carbocycles. The SMILES string of the molecule is COC(=O)C[C@]1(C)NN=C(c2ccc(C)cc2)S1. The third kappa shape index (κ3) is 2.85. The Hall–Kier alpha value is -1.49. The number of rotatable bonds is 3. The molecule has 2 rings (SSSR count). The highest BCUT2D eigenvalue weighted by Gasteiger charge is 2.35. The number of nitrogens with zero attached hydrogens (tertiary/aromatic N) is 1. The summed E-state index contributed by atoms with van der Waals surface area (Å²) in [6.45, 7) is 3.99. The van der Waals surface area contributed by atoms with E-state index in [9.17, 15) is 4.79 Å². The molecule has 1 aliphatic heterocycles. The molecule has 18 heavy (non-hydrogen) atoms. The second-order valence-electron chi connectivity index (χ2n) is 4.48. The number of hydrazone groups is 1. The molecule has 1 atom stereocenters. The van der Waals surface area contributed by atoms with Gasteiger partial charge in [-0.1, -0.05) is 41.6 Å². The second kappa shape index (κ2) is 5.02. The van der Waals surface area contributed by atoms with E-state index in [1.165, 1.54) is 12.7 Å². The summed E-state index contributed by atoms with van der Waals surface area (Å²) in [4.78, 5) is 10.9. The number of hydrogen-bond donors (Lipinski definition) is 1. The molecule has 1 N–H and O–H groups in total. The Bertz CT molecular complexity index is 484. The van der Waals surface area contributed by atoms with E-state index in [1.54, 1.807) is 11.8 Å². The van der Waals surface area contributed by atoms with Gasteiger partial charge in [-0.05, 0) is 13.8 Å². The molecule has 1 aliphatic rings. The molecule has 1 aromatic carbocycles. The summed E-state index contributed by atoms with van der Waals surface area (Å²) in [7, 11) is 1.40. The van der Waals surface area contributed by atoms with Gasteiger partial charge in [0.1, 0.15) is 9.91 Å². The van der Waals surface area contributed by atoms with Crippen LogP contribution in [0.3, 0.4) is 0 Å². The van der Waals surface area contributed by atoms with Gasteiger partial charge in [-0.15, -0.1) is 0 Å². The maximum Gasteiger partial charge on any atom is 0.308 e. The number of benzene rings is 1. The Balaban J connectivity index is 2.07. The van der Waals surface area contributed by atoms with E-state index in [4.69, 9.17) is 4.74 Å². The van der Waals surface area contributed by atoms with Gasteiger partial charge < -0.3 is 4.74 Å². The van der Waals surface area contributed by atoms with E-state index in [0.717, 1.165) is 10.6 Å². The summed E-state index contributed by atoms with van der Waals surface area (Å²) in [6, 6.07) is 8.17. The van der Waals surface area contributed by atoms with Gasteiger partial charge >= 0.3 is 5.97 Å². The lowest BCUT2D eigenvalue weighted by molar-refractivity contribution is -0.141. The quantitative estimate of drug-likeness (QED) is 0.851. The summed E-state index contributed by atoms with van der Waals surface area (Å²) in [5.41, 5.74) is 5.29. The van der Waals surface area contributed by atoms with Crippen molar-refractivity contribution in [3.8, 4) is 0 Å². The number of thioether (sulfide) groups is 1. The molecule has 1 heterocycles. The van der Waals surface area contributed by atoms with Crippen molar-refractivity contribution in [3.63, 3.8) is 0 Å². The zero-order valence-corrected chi connectivity index (χ0v) is 11.5. The smallest absolute Gasteiger partial charge is 0.308 e. The average Bonchev–Trinajstić information content (AvgIpc) is 2.72. The molecule has 96 valence electrons. The van der Waals surface area contributed by atoms with Crippen molar-refractivity contribution in [1.82, 2.24) is 5.43 Å². The van der Waals surface area contributed by atoms with Crippen LogP contribution in [0.1, 0.15) is 24.5 Å². The first-order valence-electron chi connectivity index (χ1n) is 5.70. The van der Waals surface area contributed by atoms with E-state index < -0.39 is 4.87 Å². The Morgan fingerprint density at radius 2 is 2.11 bits per heavy atom. The molecule has 0 unspecified atom stereocenters. The molecule has 5 heteroatoms. The van der Waals surface area contributed by atoms with Gasteiger partial charge in [-0.3, -0.25) is 10.2 Å². The monoisotopic (exact) mass is 264 g/mol. The van der Waals surface area contributed by atoms with Crippen LogP contribution in [0.2, 0.25) is 0 Å². The van der Waals surface area contributed by atoms with Crippen molar-refractivity contribution in [2.45, 2.75) is 25.1 Å². The zero-order chi connectivity index (χ0) is 13.2. The van der Waals surface area contributed by atoms with Crippen molar-refractivity contribution in [2.75, 3.05) is 7.11 Å².